The summed E-state index contributed by atoms with van der Waals surface area (Å²) in [5.74, 6) is 0. The predicted molar refractivity (Wildman–Crippen MR) is 49.4 cm³/mol. The van der Waals surface area contributed by atoms with Gasteiger partial charge in [0.1, 0.15) is 0 Å². The van der Waals surface area contributed by atoms with Crippen molar-refractivity contribution >= 4 is 10.4 Å². The van der Waals surface area contributed by atoms with Crippen LogP contribution < -0.4 is 29.6 Å². The van der Waals surface area contributed by atoms with Gasteiger partial charge in [0, 0.05) is 26.0 Å². The molecule has 1 aliphatic rings. The number of nitrogens with zero attached hydrogens (tertiary/aromatic N) is 2. The first-order valence-corrected chi connectivity index (χ1v) is 5.05. The molecule has 1 aliphatic heterocycles. The summed E-state index contributed by atoms with van der Waals surface area (Å²) in [5.41, 5.74) is 0. The van der Waals surface area contributed by atoms with Gasteiger partial charge in [-0.3, -0.25) is 9.11 Å². The molecule has 0 amide bonds. The van der Waals surface area contributed by atoms with Crippen molar-refractivity contribution in [3.8, 4) is 0 Å². The van der Waals surface area contributed by atoms with E-state index in [0.717, 1.165) is 13.2 Å². The average molecular weight is 234 g/mol. The summed E-state index contributed by atoms with van der Waals surface area (Å²) in [5, 5.41) is 0. The molecule has 8 heteroatoms. The van der Waals surface area contributed by atoms with Crippen molar-refractivity contribution in [2.45, 2.75) is 6.92 Å². The Morgan fingerprint density at radius 2 is 1.86 bits per heavy atom. The minimum atomic E-state index is -4.67. The number of rotatable bonds is 1. The van der Waals surface area contributed by atoms with Crippen molar-refractivity contribution in [2.24, 2.45) is 0 Å². The van der Waals surface area contributed by atoms with Crippen LogP contribution in [0.4, 0.5) is 0 Å². The Morgan fingerprint density at radius 1 is 1.43 bits per heavy atom. The third-order valence-electron chi connectivity index (χ3n) is 1.34. The van der Waals surface area contributed by atoms with Crippen molar-refractivity contribution in [1.29, 1.82) is 0 Å². The van der Waals surface area contributed by atoms with E-state index in [1.807, 2.05) is 0 Å². The van der Waals surface area contributed by atoms with Crippen LogP contribution in [-0.2, 0) is 10.4 Å². The molecular weight excluding hydrogens is 219 g/mol. The molecule has 0 aromatic rings. The molecule has 0 saturated heterocycles. The fourth-order valence-corrected chi connectivity index (χ4v) is 0.794. The zero-order chi connectivity index (χ0) is 10.5. The SMILES string of the molecule is CCN1C=CN(C)C1.O=S(=O)(O)O.[H-].[Na+]. The van der Waals surface area contributed by atoms with E-state index in [9.17, 15) is 0 Å². The van der Waals surface area contributed by atoms with Gasteiger partial charge >= 0.3 is 40.0 Å². The van der Waals surface area contributed by atoms with Crippen LogP contribution in [0.3, 0.4) is 0 Å². The van der Waals surface area contributed by atoms with Crippen LogP contribution in [0.25, 0.3) is 0 Å². The van der Waals surface area contributed by atoms with Gasteiger partial charge in [-0.05, 0) is 6.92 Å². The summed E-state index contributed by atoms with van der Waals surface area (Å²) in [6.45, 7) is 4.32. The third kappa shape index (κ3) is 12.2. The van der Waals surface area contributed by atoms with Gasteiger partial charge in [-0.1, -0.05) is 0 Å². The summed E-state index contributed by atoms with van der Waals surface area (Å²) >= 11 is 0. The molecule has 0 fully saturated rings. The van der Waals surface area contributed by atoms with Crippen LogP contribution in [0, 0.1) is 0 Å². The molecule has 0 saturated carbocycles. The van der Waals surface area contributed by atoms with Crippen molar-refractivity contribution in [2.75, 3.05) is 20.3 Å². The molecule has 1 heterocycles. The maximum atomic E-state index is 8.74. The van der Waals surface area contributed by atoms with Gasteiger partial charge in [0.05, 0.1) is 6.67 Å². The Bertz CT molecular complexity index is 264. The van der Waals surface area contributed by atoms with E-state index in [1.165, 1.54) is 0 Å². The maximum Gasteiger partial charge on any atom is 1.00 e. The zero-order valence-electron chi connectivity index (χ0n) is 9.58. The molecule has 0 unspecified atom stereocenters. The Morgan fingerprint density at radius 3 is 2.00 bits per heavy atom. The fraction of sp³-hybridized carbons (Fsp3) is 0.667. The van der Waals surface area contributed by atoms with Gasteiger partial charge in [0.25, 0.3) is 0 Å². The van der Waals surface area contributed by atoms with Crippen LogP contribution in [0.2, 0.25) is 0 Å². The van der Waals surface area contributed by atoms with E-state index in [1.54, 1.807) is 0 Å². The molecule has 0 atom stereocenters. The summed E-state index contributed by atoms with van der Waals surface area (Å²) < 4.78 is 31.6. The molecule has 0 aliphatic carbocycles. The Hall–Kier alpha value is 0.210. The van der Waals surface area contributed by atoms with Crippen molar-refractivity contribution in [3.63, 3.8) is 0 Å². The van der Waals surface area contributed by atoms with Crippen LogP contribution in [0.1, 0.15) is 8.35 Å². The second-order valence-corrected chi connectivity index (χ2v) is 3.45. The van der Waals surface area contributed by atoms with Crippen LogP contribution >= 0.6 is 0 Å². The maximum absolute atomic E-state index is 8.74. The number of hydrogen-bond acceptors (Lipinski definition) is 4. The minimum absolute atomic E-state index is 0. The minimum Gasteiger partial charge on any atom is -1.00 e. The normalized spacial score (nSPS) is 14.6. The molecule has 0 radical (unpaired) electrons. The van der Waals surface area contributed by atoms with Crippen LogP contribution in [0.15, 0.2) is 12.4 Å². The Balaban J connectivity index is -0.000000185. The molecule has 2 N–H and O–H groups in total. The predicted octanol–water partition coefficient (Wildman–Crippen LogP) is -2.85. The van der Waals surface area contributed by atoms with Gasteiger partial charge in [-0.15, -0.1) is 0 Å². The molecule has 80 valence electrons. The van der Waals surface area contributed by atoms with E-state index in [-0.39, 0.29) is 31.0 Å². The topological polar surface area (TPSA) is 81.1 Å². The van der Waals surface area contributed by atoms with E-state index >= 15 is 0 Å². The molecule has 1 rings (SSSR count). The Labute approximate surface area is 108 Å². The summed E-state index contributed by atoms with van der Waals surface area (Å²) in [7, 11) is -2.59. The average Bonchev–Trinajstić information content (AvgIpc) is 2.31. The molecule has 0 aromatic heterocycles. The van der Waals surface area contributed by atoms with E-state index in [2.05, 4.69) is 36.2 Å². The zero-order valence-corrected chi connectivity index (χ0v) is 11.4. The molecule has 0 spiro atoms. The first-order chi connectivity index (χ1) is 5.83. The quantitative estimate of drug-likeness (QED) is 0.375. The molecular formula is C6H15N2NaO4S. The van der Waals surface area contributed by atoms with Gasteiger partial charge in [0.2, 0.25) is 0 Å². The van der Waals surface area contributed by atoms with Gasteiger partial charge in [0.15, 0.2) is 0 Å². The second-order valence-electron chi connectivity index (χ2n) is 2.55. The van der Waals surface area contributed by atoms with Crippen LogP contribution in [-0.4, -0.2) is 47.6 Å². The van der Waals surface area contributed by atoms with E-state index < -0.39 is 10.4 Å². The third-order valence-corrected chi connectivity index (χ3v) is 1.34. The molecule has 6 nitrogen and oxygen atoms in total. The standard InChI is InChI=1S/C6H12N2.Na.H2O4S.H/c1-3-8-5-4-7(2)6-8;;1-5(2,3)4;/h4-5H,3,6H2,1-2H3;;(H2,1,2,3,4);/q;+1;;-1. The monoisotopic (exact) mass is 234 g/mol. The second kappa shape index (κ2) is 7.49. The van der Waals surface area contributed by atoms with Crippen LogP contribution in [0.5, 0.6) is 0 Å². The van der Waals surface area contributed by atoms with Crippen molar-refractivity contribution in [3.05, 3.63) is 12.4 Å². The number of hydrogen-bond donors (Lipinski definition) is 2. The fourth-order valence-electron chi connectivity index (χ4n) is 0.794. The summed E-state index contributed by atoms with van der Waals surface area (Å²) in [6.07, 6.45) is 4.20. The first-order valence-electron chi connectivity index (χ1n) is 3.65. The first kappa shape index (κ1) is 16.6. The molecule has 0 bridgehead atoms. The van der Waals surface area contributed by atoms with Crippen molar-refractivity contribution < 1.29 is 48.5 Å². The van der Waals surface area contributed by atoms with Gasteiger partial charge in [-0.2, -0.15) is 8.42 Å². The van der Waals surface area contributed by atoms with E-state index in [0.29, 0.717) is 0 Å². The molecule has 14 heavy (non-hydrogen) atoms. The summed E-state index contributed by atoms with van der Waals surface area (Å²) in [4.78, 5) is 4.41. The smallest absolute Gasteiger partial charge is 1.00 e. The summed E-state index contributed by atoms with van der Waals surface area (Å²) in [6, 6.07) is 0. The Kier molecular flexibility index (Phi) is 8.90. The van der Waals surface area contributed by atoms with Crippen molar-refractivity contribution in [1.82, 2.24) is 9.80 Å². The largest absolute Gasteiger partial charge is 1.00 e. The molecule has 0 aromatic carbocycles. The van der Waals surface area contributed by atoms with E-state index in [4.69, 9.17) is 17.5 Å². The van der Waals surface area contributed by atoms with Gasteiger partial charge in [-0.25, -0.2) is 0 Å². The van der Waals surface area contributed by atoms with Gasteiger partial charge < -0.3 is 11.2 Å².